The van der Waals surface area contributed by atoms with Crippen molar-refractivity contribution in [3.63, 3.8) is 0 Å². The van der Waals surface area contributed by atoms with Gasteiger partial charge in [0.1, 0.15) is 59.3 Å². The predicted octanol–water partition coefficient (Wildman–Crippen LogP) is 19.2. The highest BCUT2D eigenvalue weighted by Gasteiger charge is 2.30. The maximum Gasteiger partial charge on any atom is 0.130 e. The molecule has 3 aliphatic rings. The van der Waals surface area contributed by atoms with E-state index in [1.807, 2.05) is 45.0 Å². The van der Waals surface area contributed by atoms with Crippen LogP contribution in [0.5, 0.6) is 34.5 Å². The van der Waals surface area contributed by atoms with Gasteiger partial charge in [0.25, 0.3) is 0 Å². The summed E-state index contributed by atoms with van der Waals surface area (Å²) in [5.41, 5.74) is 22.4. The van der Waals surface area contributed by atoms with E-state index in [1.165, 1.54) is 35.4 Å². The number of nitrogens with one attached hydrogen (secondary N) is 3. The number of rotatable bonds is 13. The number of allylic oxidation sites excluding steroid dienone is 3. The third-order valence-corrected chi connectivity index (χ3v) is 16.2. The standard InChI is InChI=1S/C28H30FNO2.C27H28FNO3.C21H25NO2.ClH/c1-17-7-10-22(26(13-17)31-6)21-11-12-24-27(19(3)15-28(4,5)30-24)23(21)16-32-25-14-20(29)9-8-18(25)2;1-16-6-7-18(28)12-24(16)32-15-22-20(21-9-8-19(30)13-25(21)31-5)10-11-23-26(22)17(2)14-27(3,4)29-23;1-13-6-7-16(19(10-13)24-5)15-8-9-18-20(17(15)12-23)14(2)11-21(3,4)22-18;/h7-15,30H,16H2,1-6H3;6-14,29-30H,15H2,1-5H3;6-11,22-23H,12H2,1-5H3;1H. The Morgan fingerprint density at radius 3 is 1.08 bits per heavy atom. The molecule has 8 aromatic carbocycles. The molecule has 0 unspecified atom stereocenters. The minimum Gasteiger partial charge on any atom is -0.508 e. The maximum atomic E-state index is 13.9. The van der Waals surface area contributed by atoms with E-state index in [4.69, 9.17) is 23.7 Å². The molecule has 0 amide bonds. The van der Waals surface area contributed by atoms with Crippen LogP contribution in [0.25, 0.3) is 50.1 Å². The molecule has 0 spiro atoms. The second-order valence-corrected chi connectivity index (χ2v) is 24.9. The van der Waals surface area contributed by atoms with Gasteiger partial charge in [0.05, 0.1) is 44.6 Å². The van der Waals surface area contributed by atoms with Crippen molar-refractivity contribution in [1.29, 1.82) is 0 Å². The van der Waals surface area contributed by atoms with Gasteiger partial charge in [-0.2, -0.15) is 0 Å². The van der Waals surface area contributed by atoms with Crippen LogP contribution >= 0.6 is 12.4 Å². The van der Waals surface area contributed by atoms with E-state index >= 15 is 0 Å². The number of aliphatic hydroxyl groups excluding tert-OH is 1. The third-order valence-electron chi connectivity index (χ3n) is 16.2. The van der Waals surface area contributed by atoms with Gasteiger partial charge in [-0.15, -0.1) is 12.4 Å². The molecule has 13 heteroatoms. The molecule has 0 atom stereocenters. The first kappa shape index (κ1) is 66.2. The molecule has 0 bridgehead atoms. The molecule has 10 nitrogen and oxygen atoms in total. The van der Waals surface area contributed by atoms with Crippen molar-refractivity contribution in [2.45, 2.75) is 126 Å². The van der Waals surface area contributed by atoms with E-state index in [1.54, 1.807) is 45.6 Å². The molecule has 0 radical (unpaired) electrons. The van der Waals surface area contributed by atoms with Gasteiger partial charge in [-0.3, -0.25) is 0 Å². The van der Waals surface area contributed by atoms with Crippen LogP contribution in [0.15, 0.2) is 146 Å². The summed E-state index contributed by atoms with van der Waals surface area (Å²) in [5.74, 6) is 2.78. The number of benzene rings is 8. The van der Waals surface area contributed by atoms with Gasteiger partial charge < -0.3 is 49.8 Å². The first-order valence-electron chi connectivity index (χ1n) is 29.7. The van der Waals surface area contributed by atoms with Gasteiger partial charge >= 0.3 is 0 Å². The summed E-state index contributed by atoms with van der Waals surface area (Å²) in [6.45, 7) is 27.7. The molecule has 0 aliphatic carbocycles. The molecule has 466 valence electrons. The van der Waals surface area contributed by atoms with Crippen LogP contribution in [0.1, 0.15) is 118 Å². The van der Waals surface area contributed by atoms with E-state index in [-0.39, 0.29) is 59.6 Å². The fourth-order valence-corrected chi connectivity index (χ4v) is 12.5. The number of aryl methyl sites for hydroxylation is 4. The number of fused-ring (bicyclic) bond motifs is 3. The molecular formula is C76H84ClF2N3O7. The molecule has 3 aliphatic heterocycles. The molecule has 11 rings (SSSR count). The Labute approximate surface area is 530 Å². The minimum atomic E-state index is -0.333. The monoisotopic (exact) mass is 1220 g/mol. The van der Waals surface area contributed by atoms with Crippen LogP contribution in [-0.2, 0) is 19.8 Å². The van der Waals surface area contributed by atoms with Crippen LogP contribution in [0, 0.1) is 39.3 Å². The highest BCUT2D eigenvalue weighted by atomic mass is 35.5. The van der Waals surface area contributed by atoms with E-state index < -0.39 is 0 Å². The molecule has 8 aromatic rings. The number of aromatic hydroxyl groups is 1. The van der Waals surface area contributed by atoms with Crippen LogP contribution in [-0.4, -0.2) is 48.2 Å². The molecule has 89 heavy (non-hydrogen) atoms. The molecule has 5 N–H and O–H groups in total. The third kappa shape index (κ3) is 14.7. The molecule has 3 heterocycles. The fourth-order valence-electron chi connectivity index (χ4n) is 12.5. The van der Waals surface area contributed by atoms with Gasteiger partial charge in [0.2, 0.25) is 0 Å². The number of anilines is 3. The van der Waals surface area contributed by atoms with Gasteiger partial charge in [0.15, 0.2) is 0 Å². The van der Waals surface area contributed by atoms with Crippen LogP contribution in [0.4, 0.5) is 25.8 Å². The lowest BCUT2D eigenvalue weighted by molar-refractivity contribution is 0.282. The van der Waals surface area contributed by atoms with Crippen LogP contribution in [0.3, 0.4) is 0 Å². The zero-order valence-electron chi connectivity index (χ0n) is 54.1. The zero-order valence-corrected chi connectivity index (χ0v) is 54.9. The van der Waals surface area contributed by atoms with Crippen molar-refractivity contribution in [2.24, 2.45) is 0 Å². The number of phenolic OH excluding ortho intramolecular Hbond substituents is 1. The lowest BCUT2D eigenvalue weighted by Crippen LogP contribution is -2.32. The van der Waals surface area contributed by atoms with Crippen molar-refractivity contribution in [3.8, 4) is 67.9 Å². The molecule has 0 saturated carbocycles. The zero-order chi connectivity index (χ0) is 63.6. The quantitative estimate of drug-likeness (QED) is 0.0763. The summed E-state index contributed by atoms with van der Waals surface area (Å²) in [6, 6.07) is 39.2. The van der Waals surface area contributed by atoms with Gasteiger partial charge in [-0.25, -0.2) is 8.78 Å². The summed E-state index contributed by atoms with van der Waals surface area (Å²) in [5, 5.41) is 30.8. The van der Waals surface area contributed by atoms with Crippen molar-refractivity contribution >= 4 is 46.2 Å². The number of methoxy groups -OCH3 is 3. The average molecular weight is 1220 g/mol. The first-order valence-corrected chi connectivity index (χ1v) is 29.7. The van der Waals surface area contributed by atoms with Gasteiger partial charge in [-0.1, -0.05) is 72.8 Å². The molecule has 0 aromatic heterocycles. The molecule has 0 fully saturated rings. The van der Waals surface area contributed by atoms with E-state index in [2.05, 4.69) is 158 Å². The van der Waals surface area contributed by atoms with E-state index in [0.29, 0.717) is 23.9 Å². The Morgan fingerprint density at radius 2 is 0.719 bits per heavy atom. The Kier molecular flexibility index (Phi) is 20.1. The maximum absolute atomic E-state index is 13.9. The Bertz CT molecular complexity index is 3880. The topological polar surface area (TPSA) is 123 Å². The normalized spacial score (nSPS) is 14.4. The fraction of sp³-hybridized carbons (Fsp3) is 0.289. The number of hydrogen-bond acceptors (Lipinski definition) is 10. The van der Waals surface area contributed by atoms with Crippen LogP contribution in [0.2, 0.25) is 0 Å². The smallest absolute Gasteiger partial charge is 0.130 e. The van der Waals surface area contributed by atoms with E-state index in [9.17, 15) is 19.0 Å². The summed E-state index contributed by atoms with van der Waals surface area (Å²) in [7, 11) is 4.96. The van der Waals surface area contributed by atoms with Crippen molar-refractivity contribution in [1.82, 2.24) is 0 Å². The summed E-state index contributed by atoms with van der Waals surface area (Å²) >= 11 is 0. The average Bonchev–Trinajstić information content (AvgIpc) is 0.866. The minimum absolute atomic E-state index is 0. The second kappa shape index (κ2) is 26.9. The highest BCUT2D eigenvalue weighted by Crippen LogP contribution is 2.47. The first-order chi connectivity index (χ1) is 41.7. The van der Waals surface area contributed by atoms with E-state index in [0.717, 1.165) is 123 Å². The lowest BCUT2D eigenvalue weighted by atomic mass is 9.85. The summed E-state index contributed by atoms with van der Waals surface area (Å²) < 4.78 is 56.9. The van der Waals surface area contributed by atoms with Crippen molar-refractivity contribution in [3.05, 3.63) is 213 Å². The number of ether oxygens (including phenoxy) is 5. The number of phenols is 1. The number of hydrogen-bond donors (Lipinski definition) is 5. The Morgan fingerprint density at radius 1 is 0.393 bits per heavy atom. The highest BCUT2D eigenvalue weighted by molar-refractivity contribution is 5.91. The molecule has 0 saturated heterocycles. The largest absolute Gasteiger partial charge is 0.508 e. The second-order valence-electron chi connectivity index (χ2n) is 24.9. The van der Waals surface area contributed by atoms with Gasteiger partial charge in [-0.05, 0) is 206 Å². The van der Waals surface area contributed by atoms with Crippen molar-refractivity contribution < 1.29 is 42.7 Å². The summed E-state index contributed by atoms with van der Waals surface area (Å²) in [6.07, 6.45) is 6.65. The van der Waals surface area contributed by atoms with Gasteiger partial charge in [0, 0.05) is 79.8 Å². The van der Waals surface area contributed by atoms with Crippen LogP contribution < -0.4 is 39.6 Å². The molecular weight excluding hydrogens is 1140 g/mol. The van der Waals surface area contributed by atoms with Crippen molar-refractivity contribution in [2.75, 3.05) is 37.3 Å². The summed E-state index contributed by atoms with van der Waals surface area (Å²) in [4.78, 5) is 0. The Balaban J connectivity index is 0.000000174. The predicted molar refractivity (Wildman–Crippen MR) is 365 cm³/mol. The SMILES string of the molecule is COc1cc(C)ccc1-c1ccc2c(c1CO)C(C)=CC(C)(C)N2.COc1cc(C)ccc1-c1ccc2c(c1COc1cc(F)ccc1C)C(C)=CC(C)(C)N2.COc1cc(O)ccc1-c1ccc2c(c1COc1cc(F)ccc1C)C(C)=CC(C)(C)N2.Cl. The Hall–Kier alpha value is -8.71. The number of halogens is 3. The number of aliphatic hydroxyl groups is 1. The lowest BCUT2D eigenvalue weighted by Gasteiger charge is -2.33.